The molecule has 0 aliphatic carbocycles. The Hall–Kier alpha value is -8.96. The fourth-order valence-corrected chi connectivity index (χ4v) is 14.5. The van der Waals surface area contributed by atoms with Crippen molar-refractivity contribution in [2.45, 2.75) is 223 Å². The third-order valence-electron chi connectivity index (χ3n) is 20.8. The van der Waals surface area contributed by atoms with Crippen molar-refractivity contribution in [1.82, 2.24) is 39.9 Å². The Morgan fingerprint density at radius 3 is 0.710 bits per heavy atom. The first-order chi connectivity index (χ1) is 49.4. The first kappa shape index (κ1) is 77.6. The number of hydrogen-bond acceptors (Lipinski definition) is 4. The quantitative estimate of drug-likeness (QED) is 0.127. The molecule has 0 spiro atoms. The van der Waals surface area contributed by atoms with Crippen LogP contribution in [0.15, 0.2) is 146 Å². The molecule has 538 valence electrons. The Morgan fingerprint density at radius 2 is 0.495 bits per heavy atom. The number of aromatic nitrogens is 8. The molecule has 0 atom stereocenters. The number of nitrogens with zero attached hydrogens (tertiary/aromatic N) is 6. The molecule has 2 aliphatic rings. The van der Waals surface area contributed by atoms with Gasteiger partial charge < -0.3 is 19.9 Å². The first-order valence-electron chi connectivity index (χ1n) is 37.6. The zero-order valence-corrected chi connectivity index (χ0v) is 73.2. The van der Waals surface area contributed by atoms with Crippen LogP contribution in [0.1, 0.15) is 222 Å². The maximum atomic E-state index is 6.21. The van der Waals surface area contributed by atoms with Crippen molar-refractivity contribution in [3.8, 4) is 136 Å². The van der Waals surface area contributed by atoms with E-state index in [4.69, 9.17) is 29.9 Å². The van der Waals surface area contributed by atoms with E-state index in [1.165, 1.54) is 44.5 Å². The topological polar surface area (TPSA) is 111 Å². The zero-order valence-electron chi connectivity index (χ0n) is 68.2. The van der Waals surface area contributed by atoms with Crippen molar-refractivity contribution >= 4 is 41.1 Å². The minimum absolute atomic E-state index is 0. The monoisotopic (exact) mass is 1490 g/mol. The van der Waals surface area contributed by atoms with Gasteiger partial charge in [0.2, 0.25) is 0 Å². The van der Waals surface area contributed by atoms with Crippen molar-refractivity contribution in [3.63, 3.8) is 0 Å². The van der Waals surface area contributed by atoms with Gasteiger partial charge in [-0.15, -0.1) is 33.2 Å². The van der Waals surface area contributed by atoms with Crippen LogP contribution in [0.4, 0.5) is 0 Å². The predicted octanol–water partition coefficient (Wildman–Crippen LogP) is 24.2. The second-order valence-electron chi connectivity index (χ2n) is 37.5. The summed E-state index contributed by atoms with van der Waals surface area (Å²) in [6, 6.07) is 54.5. The number of aromatic amines is 2. The van der Waals surface area contributed by atoms with Crippen LogP contribution >= 0.6 is 0 Å². The van der Waals surface area contributed by atoms with E-state index >= 15 is 0 Å². The molecular weight excluding hydrogens is 1390 g/mol. The summed E-state index contributed by atoms with van der Waals surface area (Å²) in [6.07, 6.45) is 0. The second kappa shape index (κ2) is 27.9. The molecule has 0 saturated carbocycles. The largest absolute Gasteiger partial charge is 2.00 e. The Kier molecular flexibility index (Phi) is 20.3. The Balaban J connectivity index is 0.0000107. The van der Waals surface area contributed by atoms with Crippen LogP contribution in [-0.2, 0) is 62.8 Å². The van der Waals surface area contributed by atoms with Crippen LogP contribution in [0, 0.1) is 22.9 Å². The molecule has 0 fully saturated rings. The molecule has 2 aliphatic heterocycles. The van der Waals surface area contributed by atoms with Gasteiger partial charge >= 0.3 is 19.5 Å². The van der Waals surface area contributed by atoms with Gasteiger partial charge in [0.05, 0.1) is 34.2 Å². The standard InChI is InChI=1S/C96H104N8Si2.Zn/c1-89(2,3)63-43-59(44-64(51-63)90(4,5)6)75-71-35-36-72(97-71)76(60-45-65(91(7,8)9)52-66(46-60)92(10,11)12)81-85-86(104-88(103-85)58-33-29-56(30-34-58)40-42-106-26)82(100-81)78(62-49-69(95(19,20)21)54-70(50-62)96(22,23)24)74-38-37-73(98-74)77(61-47-67(93(13,14)15)53-68(48-61)94(16,17)18)80-84-83(79(75)99-80)101-87(102-84)57-31-27-55(28-32-57)39-41-105-25;/h27-38,43-54H,1-26H3,(H,101,102)(H,103,104);/q-2;+2. The summed E-state index contributed by atoms with van der Waals surface area (Å²) in [6.45, 7) is 59.7. The van der Waals surface area contributed by atoms with E-state index in [1.54, 1.807) is 0 Å². The van der Waals surface area contributed by atoms with Crippen molar-refractivity contribution in [1.29, 1.82) is 0 Å². The minimum Gasteiger partial charge on any atom is -0.657 e. The maximum absolute atomic E-state index is 6.21. The molecule has 0 saturated heterocycles. The summed E-state index contributed by atoms with van der Waals surface area (Å²) in [4.78, 5) is 44.4. The Morgan fingerprint density at radius 1 is 0.271 bits per heavy atom. The molecule has 7 heterocycles. The molecule has 11 aromatic rings. The van der Waals surface area contributed by atoms with Gasteiger partial charge in [0.1, 0.15) is 42.1 Å². The molecule has 8 nitrogen and oxygen atoms in total. The molecule has 0 amide bonds. The van der Waals surface area contributed by atoms with Gasteiger partial charge in [-0.3, -0.25) is 0 Å². The van der Waals surface area contributed by atoms with Gasteiger partial charge in [0, 0.05) is 22.3 Å². The average Bonchev–Trinajstić information content (AvgIpc) is 1.57. The molecule has 13 rings (SSSR count). The molecule has 5 aromatic heterocycles. The number of benzene rings is 6. The Bertz CT molecular complexity index is 4880. The number of hydrogen-bond donors (Lipinski definition) is 2. The van der Waals surface area contributed by atoms with Crippen molar-refractivity contribution < 1.29 is 19.5 Å². The van der Waals surface area contributed by atoms with Crippen molar-refractivity contribution in [3.05, 3.63) is 201 Å². The molecule has 2 N–H and O–H groups in total. The van der Waals surface area contributed by atoms with E-state index in [1.807, 2.05) is 0 Å². The van der Waals surface area contributed by atoms with E-state index < -0.39 is 0 Å². The van der Waals surface area contributed by atoms with E-state index in [0.29, 0.717) is 30.4 Å². The van der Waals surface area contributed by atoms with E-state index in [9.17, 15) is 0 Å². The van der Waals surface area contributed by atoms with Gasteiger partial charge in [-0.25, -0.2) is 19.9 Å². The van der Waals surface area contributed by atoms with E-state index in [0.717, 1.165) is 135 Å². The van der Waals surface area contributed by atoms with E-state index in [2.05, 4.69) is 358 Å². The Labute approximate surface area is 655 Å². The molecular formula is C96H104N8Si2Zn. The van der Waals surface area contributed by atoms with Gasteiger partial charge in [-0.1, -0.05) is 312 Å². The molecule has 11 heteroatoms. The molecule has 8 bridgehead atoms. The smallest absolute Gasteiger partial charge is 0.657 e. The van der Waals surface area contributed by atoms with Gasteiger partial charge in [0.25, 0.3) is 0 Å². The minimum atomic E-state index is -0.235. The number of H-pyrrole nitrogens is 2. The predicted molar refractivity (Wildman–Crippen MR) is 451 cm³/mol. The first-order valence-corrected chi connectivity index (χ1v) is 40.6. The second-order valence-corrected chi connectivity index (χ2v) is 39.0. The summed E-state index contributed by atoms with van der Waals surface area (Å²) in [5, 5.41) is 0. The molecule has 6 aromatic carbocycles. The third kappa shape index (κ3) is 15.6. The van der Waals surface area contributed by atoms with Gasteiger partial charge in [-0.05, 0) is 157 Å². The zero-order chi connectivity index (χ0) is 76.5. The fourth-order valence-electron chi connectivity index (χ4n) is 14.0. The summed E-state index contributed by atoms with van der Waals surface area (Å²) in [5.41, 5.74) is 34.6. The van der Waals surface area contributed by atoms with Crippen LogP contribution in [0.25, 0.3) is 135 Å². The van der Waals surface area contributed by atoms with Crippen LogP contribution in [0.5, 0.6) is 0 Å². The van der Waals surface area contributed by atoms with Crippen molar-refractivity contribution in [2.75, 3.05) is 0 Å². The molecule has 4 radical (unpaired) electrons. The number of imidazole rings is 2. The van der Waals surface area contributed by atoms with E-state index in [-0.39, 0.29) is 62.8 Å². The van der Waals surface area contributed by atoms with Crippen LogP contribution in [0.2, 0.25) is 13.1 Å². The fraction of sp³-hybridized carbons (Fsp3) is 0.354. The number of nitrogens with one attached hydrogen (secondary N) is 2. The normalized spacial score (nSPS) is 12.8. The van der Waals surface area contributed by atoms with Crippen LogP contribution in [0.3, 0.4) is 0 Å². The number of fused-ring (bicyclic) bond motifs is 14. The SMILES string of the molecule is C[Si]C#Cc1ccc(-c2nc3c([nH]2)-c2nc-3c(-c3cc(C(C)(C)C)cc(C(C)(C)C)c3)c3ccc([n-]3)c(-c3cc(C(C)(C)C)cc(C(C)(C)C)c3)c3nc(c(-c4cc(C(C)(C)C)cc(C(C)(C)C)c4)c4ccc([n-]4)c2-c2cc(C(C)(C)C)cc(C(C)(C)C)c2)-c2nc(-c4ccc(C#C[Si]C)cc4)[nH]c2-3)cc1.[Zn+2]. The third-order valence-corrected chi connectivity index (χ3v) is 21.6. The van der Waals surface area contributed by atoms with Crippen LogP contribution in [-0.4, -0.2) is 48.9 Å². The van der Waals surface area contributed by atoms with Crippen LogP contribution < -0.4 is 9.97 Å². The average molecular weight is 1490 g/mol. The van der Waals surface area contributed by atoms with Crippen molar-refractivity contribution in [2.24, 2.45) is 0 Å². The van der Waals surface area contributed by atoms with Gasteiger partial charge in [0.15, 0.2) is 0 Å². The number of rotatable bonds is 6. The summed E-state index contributed by atoms with van der Waals surface area (Å²) in [5.74, 6) is 8.18. The molecule has 107 heavy (non-hydrogen) atoms. The maximum Gasteiger partial charge on any atom is 2.00 e. The summed E-state index contributed by atoms with van der Waals surface area (Å²) < 4.78 is 0. The van der Waals surface area contributed by atoms with Gasteiger partial charge in [-0.2, -0.15) is 0 Å². The molecule has 0 unspecified atom stereocenters. The summed E-state index contributed by atoms with van der Waals surface area (Å²) in [7, 11) is 1.05. The summed E-state index contributed by atoms with van der Waals surface area (Å²) >= 11 is 0.